The lowest BCUT2D eigenvalue weighted by Gasteiger charge is -2.18. The zero-order valence-electron chi connectivity index (χ0n) is 13.8. The summed E-state index contributed by atoms with van der Waals surface area (Å²) in [4.78, 5) is 23.5. The van der Waals surface area contributed by atoms with Gasteiger partial charge in [0.05, 0.1) is 0 Å². The lowest BCUT2D eigenvalue weighted by molar-refractivity contribution is -0.118. The van der Waals surface area contributed by atoms with Gasteiger partial charge in [-0.1, -0.05) is 30.0 Å². The van der Waals surface area contributed by atoms with Gasteiger partial charge in [0.25, 0.3) is 0 Å². The summed E-state index contributed by atoms with van der Waals surface area (Å²) in [5.74, 6) is 0.183. The summed E-state index contributed by atoms with van der Waals surface area (Å²) in [6, 6.07) is 8.16. The molecule has 5 heteroatoms. The molecule has 0 atom stereocenters. The number of nitrogens with zero attached hydrogens (tertiary/aromatic N) is 3. The second-order valence-corrected chi connectivity index (χ2v) is 6.56. The van der Waals surface area contributed by atoms with Crippen molar-refractivity contribution in [2.75, 3.05) is 17.7 Å². The maximum atomic E-state index is 12.6. The van der Waals surface area contributed by atoms with E-state index in [1.807, 2.05) is 43.2 Å². The Morgan fingerprint density at radius 2 is 1.91 bits per heavy atom. The number of carbonyl (C=O) groups is 1. The molecule has 4 nitrogen and oxygen atoms in total. The van der Waals surface area contributed by atoms with Gasteiger partial charge in [-0.05, 0) is 50.1 Å². The van der Waals surface area contributed by atoms with Crippen molar-refractivity contribution in [2.24, 2.45) is 0 Å². The van der Waals surface area contributed by atoms with Crippen LogP contribution in [-0.4, -0.2) is 28.7 Å². The largest absolute Gasteiger partial charge is 0.312 e. The summed E-state index contributed by atoms with van der Waals surface area (Å²) < 4.78 is 0. The lowest BCUT2D eigenvalue weighted by Crippen LogP contribution is -2.29. The standard InChI is InChI=1S/C18H21N3OS/c1-12-15(13(2)20-18(19-12)23-3)8-9-17(22)21-11-10-14-6-4-5-7-16(14)21/h4-7H,8-11H2,1-3H3. The number of carbonyl (C=O) groups excluding carboxylic acids is 1. The van der Waals surface area contributed by atoms with Gasteiger partial charge in [-0.2, -0.15) is 0 Å². The minimum absolute atomic E-state index is 0.183. The van der Waals surface area contributed by atoms with Crippen LogP contribution in [0.1, 0.15) is 28.9 Å². The number of para-hydroxylation sites is 1. The minimum Gasteiger partial charge on any atom is -0.312 e. The first-order chi connectivity index (χ1) is 11.1. The van der Waals surface area contributed by atoms with E-state index in [1.165, 1.54) is 5.56 Å². The van der Waals surface area contributed by atoms with E-state index in [9.17, 15) is 4.79 Å². The fraction of sp³-hybridized carbons (Fsp3) is 0.389. The van der Waals surface area contributed by atoms with Crippen LogP contribution in [-0.2, 0) is 17.6 Å². The van der Waals surface area contributed by atoms with Crippen molar-refractivity contribution in [3.05, 3.63) is 46.8 Å². The third kappa shape index (κ3) is 3.24. The van der Waals surface area contributed by atoms with Crippen LogP contribution in [0.2, 0.25) is 0 Å². The number of rotatable bonds is 4. The van der Waals surface area contributed by atoms with Crippen LogP contribution in [0, 0.1) is 13.8 Å². The molecule has 0 fully saturated rings. The van der Waals surface area contributed by atoms with Crippen LogP contribution in [0.15, 0.2) is 29.4 Å². The van der Waals surface area contributed by atoms with Crippen molar-refractivity contribution in [1.29, 1.82) is 0 Å². The summed E-state index contributed by atoms with van der Waals surface area (Å²) in [5.41, 5.74) is 5.40. The lowest BCUT2D eigenvalue weighted by atomic mass is 10.1. The van der Waals surface area contributed by atoms with Crippen molar-refractivity contribution in [2.45, 2.75) is 38.3 Å². The molecule has 2 heterocycles. The summed E-state index contributed by atoms with van der Waals surface area (Å²) in [6.45, 7) is 4.79. The first kappa shape index (κ1) is 16.0. The highest BCUT2D eigenvalue weighted by Crippen LogP contribution is 2.28. The van der Waals surface area contributed by atoms with Gasteiger partial charge < -0.3 is 4.90 Å². The summed E-state index contributed by atoms with van der Waals surface area (Å²) in [6.07, 6.45) is 4.12. The molecule has 1 amide bonds. The Kier molecular flexibility index (Phi) is 4.66. The average Bonchev–Trinajstić information content (AvgIpc) is 2.97. The predicted molar refractivity (Wildman–Crippen MR) is 94.1 cm³/mol. The number of hydrogen-bond donors (Lipinski definition) is 0. The van der Waals surface area contributed by atoms with Crippen molar-refractivity contribution >= 4 is 23.4 Å². The molecule has 0 saturated carbocycles. The van der Waals surface area contributed by atoms with Crippen LogP contribution in [0.3, 0.4) is 0 Å². The average molecular weight is 327 g/mol. The molecule has 1 aromatic heterocycles. The van der Waals surface area contributed by atoms with Gasteiger partial charge in [-0.25, -0.2) is 9.97 Å². The van der Waals surface area contributed by atoms with Crippen LogP contribution in [0.25, 0.3) is 0 Å². The van der Waals surface area contributed by atoms with Crippen LogP contribution in [0.5, 0.6) is 0 Å². The van der Waals surface area contributed by atoms with Gasteiger partial charge in [0.1, 0.15) is 0 Å². The predicted octanol–water partition coefficient (Wildman–Crippen LogP) is 3.34. The fourth-order valence-electron chi connectivity index (χ4n) is 3.13. The van der Waals surface area contributed by atoms with Gasteiger partial charge in [0, 0.05) is 30.0 Å². The quantitative estimate of drug-likeness (QED) is 0.638. The molecule has 23 heavy (non-hydrogen) atoms. The number of fused-ring (bicyclic) bond motifs is 1. The molecule has 0 unspecified atom stereocenters. The highest BCUT2D eigenvalue weighted by Gasteiger charge is 2.24. The van der Waals surface area contributed by atoms with Gasteiger partial charge in [-0.15, -0.1) is 0 Å². The SMILES string of the molecule is CSc1nc(C)c(CCC(=O)N2CCc3ccccc32)c(C)n1. The number of hydrogen-bond acceptors (Lipinski definition) is 4. The number of amides is 1. The number of aryl methyl sites for hydroxylation is 2. The Bertz CT molecular complexity index is 722. The molecular weight excluding hydrogens is 306 g/mol. The van der Waals surface area contributed by atoms with Gasteiger partial charge in [0.15, 0.2) is 5.16 Å². The Morgan fingerprint density at radius 3 is 2.61 bits per heavy atom. The van der Waals surface area contributed by atoms with Gasteiger partial charge in [0.2, 0.25) is 5.91 Å². The summed E-state index contributed by atoms with van der Waals surface area (Å²) >= 11 is 1.55. The van der Waals surface area contributed by atoms with Crippen LogP contribution >= 0.6 is 11.8 Å². The van der Waals surface area contributed by atoms with E-state index in [2.05, 4.69) is 16.0 Å². The Hall–Kier alpha value is -1.88. The van der Waals surface area contributed by atoms with Crippen LogP contribution < -0.4 is 4.90 Å². The second kappa shape index (κ2) is 6.71. The minimum atomic E-state index is 0.183. The van der Waals surface area contributed by atoms with E-state index in [-0.39, 0.29) is 5.91 Å². The van der Waals surface area contributed by atoms with E-state index in [0.29, 0.717) is 12.8 Å². The van der Waals surface area contributed by atoms with Crippen LogP contribution in [0.4, 0.5) is 5.69 Å². The number of thioether (sulfide) groups is 1. The Morgan fingerprint density at radius 1 is 1.22 bits per heavy atom. The maximum Gasteiger partial charge on any atom is 0.227 e. The van der Waals surface area contributed by atoms with Gasteiger partial charge in [-0.3, -0.25) is 4.79 Å². The van der Waals surface area contributed by atoms with E-state index in [0.717, 1.165) is 40.8 Å². The number of anilines is 1. The number of aromatic nitrogens is 2. The third-order valence-corrected chi connectivity index (χ3v) is 4.91. The van der Waals surface area contributed by atoms with E-state index in [4.69, 9.17) is 0 Å². The van der Waals surface area contributed by atoms with E-state index < -0.39 is 0 Å². The summed E-state index contributed by atoms with van der Waals surface area (Å²) in [5, 5.41) is 0.795. The van der Waals surface area contributed by atoms with E-state index >= 15 is 0 Å². The van der Waals surface area contributed by atoms with Crippen molar-refractivity contribution in [3.8, 4) is 0 Å². The van der Waals surface area contributed by atoms with Crippen molar-refractivity contribution in [1.82, 2.24) is 9.97 Å². The Labute approximate surface area is 141 Å². The Balaban J connectivity index is 1.71. The molecule has 0 N–H and O–H groups in total. The molecule has 0 saturated heterocycles. The molecule has 1 aliphatic rings. The highest BCUT2D eigenvalue weighted by atomic mass is 32.2. The normalized spacial score (nSPS) is 13.3. The molecule has 3 rings (SSSR count). The zero-order chi connectivity index (χ0) is 16.4. The molecule has 0 radical (unpaired) electrons. The number of benzene rings is 1. The zero-order valence-corrected chi connectivity index (χ0v) is 14.6. The monoisotopic (exact) mass is 327 g/mol. The maximum absolute atomic E-state index is 12.6. The second-order valence-electron chi connectivity index (χ2n) is 5.78. The van der Waals surface area contributed by atoms with Crippen molar-refractivity contribution < 1.29 is 4.79 Å². The molecule has 0 aliphatic carbocycles. The first-order valence-corrected chi connectivity index (χ1v) is 9.09. The van der Waals surface area contributed by atoms with E-state index in [1.54, 1.807) is 11.8 Å². The smallest absolute Gasteiger partial charge is 0.227 e. The molecular formula is C18H21N3OS. The third-order valence-electron chi connectivity index (χ3n) is 4.36. The molecule has 120 valence electrons. The fourth-order valence-corrected chi connectivity index (χ4v) is 3.58. The molecule has 0 spiro atoms. The van der Waals surface area contributed by atoms with Crippen molar-refractivity contribution in [3.63, 3.8) is 0 Å². The topological polar surface area (TPSA) is 46.1 Å². The molecule has 0 bridgehead atoms. The highest BCUT2D eigenvalue weighted by molar-refractivity contribution is 7.98. The molecule has 1 aromatic carbocycles. The van der Waals surface area contributed by atoms with Gasteiger partial charge >= 0.3 is 0 Å². The first-order valence-electron chi connectivity index (χ1n) is 7.86. The molecule has 1 aliphatic heterocycles. The molecule has 2 aromatic rings. The summed E-state index contributed by atoms with van der Waals surface area (Å²) in [7, 11) is 0.